The lowest BCUT2D eigenvalue weighted by Crippen LogP contribution is -2.19. The second-order valence-corrected chi connectivity index (χ2v) is 4.75. The maximum atomic E-state index is 5.16. The molecule has 0 aliphatic rings. The predicted octanol–water partition coefficient (Wildman–Crippen LogP) is 2.52. The van der Waals surface area contributed by atoms with Crippen molar-refractivity contribution in [2.24, 2.45) is 0 Å². The molecule has 3 heteroatoms. The Morgan fingerprint density at radius 3 is 2.44 bits per heavy atom. The van der Waals surface area contributed by atoms with E-state index < -0.39 is 0 Å². The number of methoxy groups -OCH3 is 1. The summed E-state index contributed by atoms with van der Waals surface area (Å²) in [6.07, 6.45) is 3.84. The molecule has 0 unspecified atom stereocenters. The molecule has 0 aliphatic carbocycles. The number of unbranched alkanes of at least 4 members (excludes halogenated alkanes) is 2. The third-order valence-electron chi connectivity index (χ3n) is 3.08. The SMILES string of the molecule is CNCCCCCN(C)Cc1ccc(OC)cc1. The lowest BCUT2D eigenvalue weighted by Gasteiger charge is -2.16. The highest BCUT2D eigenvalue weighted by molar-refractivity contribution is 5.26. The molecule has 102 valence electrons. The number of rotatable bonds is 9. The second-order valence-electron chi connectivity index (χ2n) is 4.75. The summed E-state index contributed by atoms with van der Waals surface area (Å²) in [5.74, 6) is 0.925. The molecule has 0 spiro atoms. The molecule has 0 atom stereocenters. The van der Waals surface area contributed by atoms with Gasteiger partial charge in [0.2, 0.25) is 0 Å². The van der Waals surface area contributed by atoms with E-state index in [2.05, 4.69) is 29.4 Å². The molecular formula is C15H26N2O. The average molecular weight is 250 g/mol. The fraction of sp³-hybridized carbons (Fsp3) is 0.600. The molecule has 1 N–H and O–H groups in total. The minimum Gasteiger partial charge on any atom is -0.497 e. The van der Waals surface area contributed by atoms with Crippen LogP contribution in [0.3, 0.4) is 0 Å². The van der Waals surface area contributed by atoms with Crippen LogP contribution in [0.1, 0.15) is 24.8 Å². The molecule has 0 fully saturated rings. The van der Waals surface area contributed by atoms with Crippen molar-refractivity contribution < 1.29 is 4.74 Å². The van der Waals surface area contributed by atoms with E-state index >= 15 is 0 Å². The molecule has 0 amide bonds. The summed E-state index contributed by atoms with van der Waals surface area (Å²) in [6, 6.07) is 8.32. The van der Waals surface area contributed by atoms with Crippen LogP contribution in [0.25, 0.3) is 0 Å². The van der Waals surface area contributed by atoms with Gasteiger partial charge in [-0.3, -0.25) is 0 Å². The van der Waals surface area contributed by atoms with Gasteiger partial charge < -0.3 is 15.0 Å². The summed E-state index contributed by atoms with van der Waals surface area (Å²) in [5, 5.41) is 3.18. The summed E-state index contributed by atoms with van der Waals surface area (Å²) in [4.78, 5) is 2.38. The first-order valence-corrected chi connectivity index (χ1v) is 6.72. The molecule has 0 saturated heterocycles. The molecule has 0 aromatic heterocycles. The van der Waals surface area contributed by atoms with Crippen molar-refractivity contribution in [3.63, 3.8) is 0 Å². The lowest BCUT2D eigenvalue weighted by atomic mass is 10.2. The average Bonchev–Trinajstić information content (AvgIpc) is 2.39. The highest BCUT2D eigenvalue weighted by Gasteiger charge is 2.00. The standard InChI is InChI=1S/C15H26N2O/c1-16-11-5-4-6-12-17(2)13-14-7-9-15(18-3)10-8-14/h7-10,16H,4-6,11-13H2,1-3H3. The largest absolute Gasteiger partial charge is 0.497 e. The van der Waals surface area contributed by atoms with Crippen molar-refractivity contribution in [3.8, 4) is 5.75 Å². The van der Waals surface area contributed by atoms with Crippen molar-refractivity contribution in [2.75, 3.05) is 34.3 Å². The van der Waals surface area contributed by atoms with Crippen molar-refractivity contribution >= 4 is 0 Å². The summed E-state index contributed by atoms with van der Waals surface area (Å²) < 4.78 is 5.16. The van der Waals surface area contributed by atoms with Crippen LogP contribution in [0.2, 0.25) is 0 Å². The smallest absolute Gasteiger partial charge is 0.118 e. The highest BCUT2D eigenvalue weighted by Crippen LogP contribution is 2.12. The minimum absolute atomic E-state index is 0.925. The third kappa shape index (κ3) is 6.03. The van der Waals surface area contributed by atoms with E-state index in [4.69, 9.17) is 4.74 Å². The van der Waals surface area contributed by atoms with Crippen LogP contribution >= 0.6 is 0 Å². The lowest BCUT2D eigenvalue weighted by molar-refractivity contribution is 0.317. The molecule has 1 aromatic carbocycles. The van der Waals surface area contributed by atoms with Gasteiger partial charge in [-0.1, -0.05) is 18.6 Å². The van der Waals surface area contributed by atoms with Crippen LogP contribution in [0.4, 0.5) is 0 Å². The number of nitrogens with one attached hydrogen (secondary N) is 1. The molecule has 0 bridgehead atoms. The molecule has 0 radical (unpaired) electrons. The van der Waals surface area contributed by atoms with E-state index in [9.17, 15) is 0 Å². The Bertz CT molecular complexity index is 311. The summed E-state index contributed by atoms with van der Waals surface area (Å²) in [6.45, 7) is 3.30. The molecular weight excluding hydrogens is 224 g/mol. The zero-order valence-corrected chi connectivity index (χ0v) is 11.9. The normalized spacial score (nSPS) is 10.9. The minimum atomic E-state index is 0.925. The topological polar surface area (TPSA) is 24.5 Å². The number of ether oxygens (including phenoxy) is 1. The Morgan fingerprint density at radius 2 is 1.83 bits per heavy atom. The fourth-order valence-corrected chi connectivity index (χ4v) is 1.98. The van der Waals surface area contributed by atoms with E-state index in [0.717, 1.165) is 25.4 Å². The van der Waals surface area contributed by atoms with Gasteiger partial charge in [-0.05, 0) is 57.7 Å². The van der Waals surface area contributed by atoms with Gasteiger partial charge in [0.05, 0.1) is 7.11 Å². The Labute approximate surface area is 111 Å². The van der Waals surface area contributed by atoms with Gasteiger partial charge >= 0.3 is 0 Å². The molecule has 1 aromatic rings. The maximum Gasteiger partial charge on any atom is 0.118 e. The summed E-state index contributed by atoms with van der Waals surface area (Å²) >= 11 is 0. The van der Waals surface area contributed by atoms with Crippen LogP contribution in [0.15, 0.2) is 24.3 Å². The van der Waals surface area contributed by atoms with Gasteiger partial charge in [0.25, 0.3) is 0 Å². The van der Waals surface area contributed by atoms with Gasteiger partial charge in [-0.15, -0.1) is 0 Å². The monoisotopic (exact) mass is 250 g/mol. The van der Waals surface area contributed by atoms with Crippen LogP contribution in [0.5, 0.6) is 5.75 Å². The van der Waals surface area contributed by atoms with Gasteiger partial charge in [-0.2, -0.15) is 0 Å². The number of hydrogen-bond donors (Lipinski definition) is 1. The summed E-state index contributed by atoms with van der Waals surface area (Å²) in [5.41, 5.74) is 1.34. The van der Waals surface area contributed by atoms with Crippen LogP contribution in [-0.4, -0.2) is 39.2 Å². The van der Waals surface area contributed by atoms with Crippen molar-refractivity contribution in [1.82, 2.24) is 10.2 Å². The van der Waals surface area contributed by atoms with Crippen molar-refractivity contribution in [1.29, 1.82) is 0 Å². The van der Waals surface area contributed by atoms with E-state index in [-0.39, 0.29) is 0 Å². The summed E-state index contributed by atoms with van der Waals surface area (Å²) in [7, 11) is 5.89. The number of hydrogen-bond acceptors (Lipinski definition) is 3. The molecule has 0 heterocycles. The quantitative estimate of drug-likeness (QED) is 0.682. The first-order valence-electron chi connectivity index (χ1n) is 6.72. The molecule has 0 saturated carbocycles. The third-order valence-corrected chi connectivity index (χ3v) is 3.08. The zero-order valence-electron chi connectivity index (χ0n) is 11.9. The Balaban J connectivity index is 2.20. The van der Waals surface area contributed by atoms with E-state index in [1.807, 2.05) is 19.2 Å². The van der Waals surface area contributed by atoms with Crippen molar-refractivity contribution in [3.05, 3.63) is 29.8 Å². The molecule has 18 heavy (non-hydrogen) atoms. The van der Waals surface area contributed by atoms with Crippen LogP contribution in [-0.2, 0) is 6.54 Å². The molecule has 0 aliphatic heterocycles. The maximum absolute atomic E-state index is 5.16. The van der Waals surface area contributed by atoms with E-state index in [1.165, 1.54) is 24.8 Å². The first-order chi connectivity index (χ1) is 8.76. The van der Waals surface area contributed by atoms with Crippen LogP contribution < -0.4 is 10.1 Å². The van der Waals surface area contributed by atoms with Crippen molar-refractivity contribution in [2.45, 2.75) is 25.8 Å². The number of benzene rings is 1. The van der Waals surface area contributed by atoms with Gasteiger partial charge in [0.15, 0.2) is 0 Å². The van der Waals surface area contributed by atoms with Gasteiger partial charge in [0, 0.05) is 6.54 Å². The van der Waals surface area contributed by atoms with Gasteiger partial charge in [0.1, 0.15) is 5.75 Å². The molecule has 1 rings (SSSR count). The molecule has 3 nitrogen and oxygen atoms in total. The zero-order chi connectivity index (χ0) is 13.2. The van der Waals surface area contributed by atoms with E-state index in [1.54, 1.807) is 7.11 Å². The van der Waals surface area contributed by atoms with Gasteiger partial charge in [-0.25, -0.2) is 0 Å². The Hall–Kier alpha value is -1.06. The Kier molecular flexibility index (Phi) is 7.46. The van der Waals surface area contributed by atoms with Crippen LogP contribution in [0, 0.1) is 0 Å². The second kappa shape index (κ2) is 8.95. The van der Waals surface area contributed by atoms with E-state index in [0.29, 0.717) is 0 Å². The fourth-order valence-electron chi connectivity index (χ4n) is 1.98. The number of nitrogens with zero attached hydrogens (tertiary/aromatic N) is 1. The predicted molar refractivity (Wildman–Crippen MR) is 77.1 cm³/mol. The first kappa shape index (κ1) is 15.0. The Morgan fingerprint density at radius 1 is 1.11 bits per heavy atom. The highest BCUT2D eigenvalue weighted by atomic mass is 16.5.